The van der Waals surface area contributed by atoms with Crippen LogP contribution in [0.3, 0.4) is 0 Å². The van der Waals surface area contributed by atoms with Crippen molar-refractivity contribution in [1.29, 1.82) is 0 Å². The molecule has 1 saturated carbocycles. The third kappa shape index (κ3) is 22.2. The molecule has 0 unspecified atom stereocenters. The second kappa shape index (κ2) is 21.2. The first-order chi connectivity index (χ1) is 19.0. The lowest BCUT2D eigenvalue weighted by atomic mass is 10.0. The van der Waals surface area contributed by atoms with Crippen molar-refractivity contribution in [3.05, 3.63) is 0 Å². The van der Waals surface area contributed by atoms with Gasteiger partial charge in [0.15, 0.2) is 0 Å². The number of amides is 2. The summed E-state index contributed by atoms with van der Waals surface area (Å²) >= 11 is 0. The maximum Gasteiger partial charge on any atom is 0.410 e. The number of alkyl carbamates (subject to hydrolysis) is 1. The lowest BCUT2D eigenvalue weighted by Gasteiger charge is -2.27. The molecule has 7 heteroatoms. The van der Waals surface area contributed by atoms with Crippen LogP contribution in [0.5, 0.6) is 0 Å². The fourth-order valence-electron chi connectivity index (χ4n) is 5.18. The standard InChI is InChI=1S/C33H65N3O4/c1-32(2,3)39-30(37)35-26-20-22-28-36(31(38)40-33(4,5)6)27-21-19-25-34-29-23-17-15-13-11-9-7-8-10-12-14-16-18-24-29/h29,34H,7-28H2,1-6H3,(H,35,37). The summed E-state index contributed by atoms with van der Waals surface area (Å²) in [7, 11) is 0. The summed E-state index contributed by atoms with van der Waals surface area (Å²) in [6.45, 7) is 14.1. The molecule has 0 aromatic rings. The van der Waals surface area contributed by atoms with E-state index in [1.165, 1.54) is 89.9 Å². The van der Waals surface area contributed by atoms with Gasteiger partial charge in [0.2, 0.25) is 0 Å². The minimum absolute atomic E-state index is 0.248. The molecule has 0 radical (unpaired) electrons. The van der Waals surface area contributed by atoms with E-state index < -0.39 is 17.3 Å². The van der Waals surface area contributed by atoms with Gasteiger partial charge in [-0.1, -0.05) is 77.0 Å². The van der Waals surface area contributed by atoms with Gasteiger partial charge in [-0.05, 0) is 86.6 Å². The highest BCUT2D eigenvalue weighted by atomic mass is 16.6. The molecule has 7 nitrogen and oxygen atoms in total. The van der Waals surface area contributed by atoms with Crippen molar-refractivity contribution in [2.75, 3.05) is 26.2 Å². The molecule has 0 bridgehead atoms. The third-order valence-electron chi connectivity index (χ3n) is 7.32. The number of ether oxygens (including phenoxy) is 2. The lowest BCUT2D eigenvalue weighted by Crippen LogP contribution is -2.38. The van der Waals surface area contributed by atoms with Gasteiger partial charge in [-0.2, -0.15) is 0 Å². The second-order valence-corrected chi connectivity index (χ2v) is 13.8. The molecule has 0 aromatic carbocycles. The van der Waals surface area contributed by atoms with Gasteiger partial charge in [-0.3, -0.25) is 0 Å². The Morgan fingerprint density at radius 2 is 1.05 bits per heavy atom. The summed E-state index contributed by atoms with van der Waals surface area (Å²) in [6.07, 6.45) is 22.3. The quantitative estimate of drug-likeness (QED) is 0.244. The average molecular weight is 568 g/mol. The fourth-order valence-corrected chi connectivity index (χ4v) is 5.18. The molecule has 2 amide bonds. The SMILES string of the molecule is CC(C)(C)OC(=O)NCCCCN(CCCCNC1CCCCCCCCCCCCCC1)C(=O)OC(C)(C)C. The molecule has 0 aliphatic heterocycles. The topological polar surface area (TPSA) is 79.9 Å². The van der Waals surface area contributed by atoms with Gasteiger partial charge in [0.05, 0.1) is 0 Å². The van der Waals surface area contributed by atoms with Crippen LogP contribution in [-0.2, 0) is 9.47 Å². The zero-order valence-electron chi connectivity index (χ0n) is 27.2. The van der Waals surface area contributed by atoms with Gasteiger partial charge in [-0.25, -0.2) is 9.59 Å². The maximum atomic E-state index is 12.8. The van der Waals surface area contributed by atoms with Crippen molar-refractivity contribution >= 4 is 12.2 Å². The van der Waals surface area contributed by atoms with Crippen LogP contribution in [0, 0.1) is 0 Å². The van der Waals surface area contributed by atoms with Gasteiger partial charge < -0.3 is 25.0 Å². The van der Waals surface area contributed by atoms with E-state index in [4.69, 9.17) is 9.47 Å². The number of unbranched alkanes of at least 4 members (excludes halogenated alkanes) is 2. The number of carbonyl (C=O) groups is 2. The molecule has 0 saturated heterocycles. The summed E-state index contributed by atoms with van der Waals surface area (Å²) in [4.78, 5) is 26.5. The van der Waals surface area contributed by atoms with E-state index in [9.17, 15) is 9.59 Å². The maximum absolute atomic E-state index is 12.8. The van der Waals surface area contributed by atoms with Gasteiger partial charge in [-0.15, -0.1) is 0 Å². The largest absolute Gasteiger partial charge is 0.444 e. The third-order valence-corrected chi connectivity index (χ3v) is 7.32. The molecule has 1 aliphatic carbocycles. The van der Waals surface area contributed by atoms with E-state index in [2.05, 4.69) is 10.6 Å². The van der Waals surface area contributed by atoms with Crippen LogP contribution < -0.4 is 10.6 Å². The summed E-state index contributed by atoms with van der Waals surface area (Å²) < 4.78 is 11.0. The average Bonchev–Trinajstić information content (AvgIpc) is 2.85. The molecule has 40 heavy (non-hydrogen) atoms. The Hall–Kier alpha value is -1.50. The van der Waals surface area contributed by atoms with E-state index in [0.29, 0.717) is 25.7 Å². The van der Waals surface area contributed by atoms with Crippen molar-refractivity contribution < 1.29 is 19.1 Å². The van der Waals surface area contributed by atoms with Gasteiger partial charge in [0, 0.05) is 25.7 Å². The number of hydrogen-bond acceptors (Lipinski definition) is 5. The Labute approximate surface area is 247 Å². The van der Waals surface area contributed by atoms with E-state index in [-0.39, 0.29) is 6.09 Å². The number of rotatable bonds is 11. The van der Waals surface area contributed by atoms with Crippen LogP contribution in [-0.4, -0.2) is 60.5 Å². The Morgan fingerprint density at radius 3 is 1.50 bits per heavy atom. The first-order valence-electron chi connectivity index (χ1n) is 16.6. The second-order valence-electron chi connectivity index (χ2n) is 13.8. The predicted molar refractivity (Wildman–Crippen MR) is 167 cm³/mol. The molecule has 236 valence electrons. The Morgan fingerprint density at radius 1 is 0.625 bits per heavy atom. The lowest BCUT2D eigenvalue weighted by molar-refractivity contribution is 0.0242. The molecular formula is C33H65N3O4. The highest BCUT2D eigenvalue weighted by molar-refractivity contribution is 5.68. The van der Waals surface area contributed by atoms with Crippen LogP contribution >= 0.6 is 0 Å². The first-order valence-corrected chi connectivity index (χ1v) is 16.6. The molecule has 0 atom stereocenters. The van der Waals surface area contributed by atoms with Crippen LogP contribution in [0.4, 0.5) is 9.59 Å². The fraction of sp³-hybridized carbons (Fsp3) is 0.939. The molecule has 1 fully saturated rings. The first kappa shape index (κ1) is 36.5. The summed E-state index contributed by atoms with van der Waals surface area (Å²) in [5, 5.41) is 6.65. The highest BCUT2D eigenvalue weighted by Gasteiger charge is 2.22. The molecule has 0 aromatic heterocycles. The van der Waals surface area contributed by atoms with E-state index in [1.807, 2.05) is 46.4 Å². The summed E-state index contributed by atoms with van der Waals surface area (Å²) in [6, 6.07) is 0.629. The van der Waals surface area contributed by atoms with E-state index in [1.54, 1.807) is 0 Å². The minimum Gasteiger partial charge on any atom is -0.444 e. The Balaban J connectivity index is 2.41. The predicted octanol–water partition coefficient (Wildman–Crippen LogP) is 8.74. The summed E-state index contributed by atoms with van der Waals surface area (Å²) in [5.74, 6) is 0. The molecule has 0 spiro atoms. The van der Waals surface area contributed by atoms with Crippen LogP contribution in [0.1, 0.15) is 157 Å². The molecule has 2 N–H and O–H groups in total. The van der Waals surface area contributed by atoms with Crippen LogP contribution in [0.25, 0.3) is 0 Å². The van der Waals surface area contributed by atoms with Crippen molar-refractivity contribution in [3.8, 4) is 0 Å². The smallest absolute Gasteiger partial charge is 0.410 e. The monoisotopic (exact) mass is 567 g/mol. The van der Waals surface area contributed by atoms with Crippen LogP contribution in [0.2, 0.25) is 0 Å². The highest BCUT2D eigenvalue weighted by Crippen LogP contribution is 2.17. The number of nitrogens with one attached hydrogen (secondary N) is 2. The van der Waals surface area contributed by atoms with Gasteiger partial charge in [0.1, 0.15) is 11.2 Å². The van der Waals surface area contributed by atoms with Crippen LogP contribution in [0.15, 0.2) is 0 Å². The minimum atomic E-state index is -0.514. The van der Waals surface area contributed by atoms with E-state index >= 15 is 0 Å². The number of carbonyl (C=O) groups excluding carboxylic acids is 2. The molecule has 1 aliphatic rings. The van der Waals surface area contributed by atoms with E-state index in [0.717, 1.165) is 32.2 Å². The van der Waals surface area contributed by atoms with Gasteiger partial charge >= 0.3 is 12.2 Å². The zero-order valence-corrected chi connectivity index (χ0v) is 27.2. The molecule has 1 rings (SSSR count). The Kier molecular flexibility index (Phi) is 19.4. The number of hydrogen-bond donors (Lipinski definition) is 2. The normalized spacial score (nSPS) is 17.4. The molecular weight excluding hydrogens is 502 g/mol. The summed E-state index contributed by atoms with van der Waals surface area (Å²) in [5.41, 5.74) is -1.02. The van der Waals surface area contributed by atoms with Gasteiger partial charge in [0.25, 0.3) is 0 Å². The Bertz CT molecular complexity index is 641. The molecule has 0 heterocycles. The van der Waals surface area contributed by atoms with Crippen molar-refractivity contribution in [2.45, 2.75) is 174 Å². The van der Waals surface area contributed by atoms with Crippen molar-refractivity contribution in [2.24, 2.45) is 0 Å². The van der Waals surface area contributed by atoms with Crippen molar-refractivity contribution in [3.63, 3.8) is 0 Å². The number of nitrogens with zero attached hydrogens (tertiary/aromatic N) is 1. The zero-order chi connectivity index (χ0) is 29.7. The van der Waals surface area contributed by atoms with Crippen molar-refractivity contribution in [1.82, 2.24) is 15.5 Å².